The van der Waals surface area contributed by atoms with Crippen molar-refractivity contribution >= 4 is 71.2 Å². The van der Waals surface area contributed by atoms with Gasteiger partial charge in [0.1, 0.15) is 38.4 Å². The Kier molecular flexibility index (Phi) is 3.05. The first-order valence-corrected chi connectivity index (χ1v) is 9.51. The highest BCUT2D eigenvalue weighted by atomic mass is 32.1. The smallest absolute Gasteiger partial charge is 0.144 e. The number of hydrogen-bond donors (Lipinski definition) is 0. The lowest BCUT2D eigenvalue weighted by Gasteiger charge is -1.92. The number of benzene rings is 1. The molecule has 0 N–H and O–H groups in total. The Hall–Kier alpha value is -2.17. The Balaban J connectivity index is 1.68. The highest BCUT2D eigenvalue weighted by Gasteiger charge is 2.14. The molecule has 5 rings (SSSR count). The van der Waals surface area contributed by atoms with Crippen LogP contribution < -0.4 is 10.9 Å². The van der Waals surface area contributed by atoms with Crippen molar-refractivity contribution < 1.29 is 8.83 Å². The van der Waals surface area contributed by atoms with Gasteiger partial charge in [-0.25, -0.2) is 0 Å². The molecule has 0 radical (unpaired) electrons. The lowest BCUT2D eigenvalue weighted by molar-refractivity contribution is 0.630. The zero-order chi connectivity index (χ0) is 16.3. The topological polar surface area (TPSA) is 26.3 Å². The molecule has 0 spiro atoms. The van der Waals surface area contributed by atoms with E-state index in [-0.39, 0.29) is 0 Å². The summed E-state index contributed by atoms with van der Waals surface area (Å²) in [4.78, 5) is 2.38. The van der Waals surface area contributed by atoms with Gasteiger partial charge in [-0.1, -0.05) is 23.1 Å². The third-order valence-corrected chi connectivity index (χ3v) is 6.39. The maximum atomic E-state index is 6.10. The predicted molar refractivity (Wildman–Crippen MR) is 109 cm³/mol. The predicted octanol–water partition coefficient (Wildman–Crippen LogP) is 3.15. The van der Waals surface area contributed by atoms with Gasteiger partial charge in [-0.2, -0.15) is 0 Å². The van der Waals surface area contributed by atoms with Crippen LogP contribution in [0.4, 0.5) is 0 Å². The number of thiophene rings is 2. The van der Waals surface area contributed by atoms with Crippen LogP contribution in [0, 0.1) is 0 Å². The van der Waals surface area contributed by atoms with Gasteiger partial charge in [0.15, 0.2) is 0 Å². The second kappa shape index (κ2) is 5.16. The lowest BCUT2D eigenvalue weighted by atomic mass is 9.96. The molecule has 5 aromatic rings. The Morgan fingerprint density at radius 2 is 1.12 bits per heavy atom. The molecular weight excluding hydrogens is 334 g/mol. The molecule has 0 fully saturated rings. The summed E-state index contributed by atoms with van der Waals surface area (Å²) >= 11 is 3.42. The first-order valence-electron chi connectivity index (χ1n) is 7.75. The minimum atomic E-state index is 0.903. The van der Waals surface area contributed by atoms with Crippen LogP contribution in [0.5, 0.6) is 0 Å². The zero-order valence-electron chi connectivity index (χ0n) is 13.3. The largest absolute Gasteiger partial charge is 0.455 e. The second-order valence-corrected chi connectivity index (χ2v) is 7.85. The zero-order valence-corrected chi connectivity index (χ0v) is 14.9. The van der Waals surface area contributed by atoms with E-state index in [2.05, 4.69) is 62.9 Å². The molecule has 4 heterocycles. The highest BCUT2D eigenvalue weighted by Crippen LogP contribution is 2.35. The number of furan rings is 2. The summed E-state index contributed by atoms with van der Waals surface area (Å²) in [7, 11) is 4.22. The van der Waals surface area contributed by atoms with Gasteiger partial charge in [-0.3, -0.25) is 0 Å². The molecule has 0 saturated heterocycles. The van der Waals surface area contributed by atoms with Crippen molar-refractivity contribution in [2.45, 2.75) is 0 Å². The van der Waals surface area contributed by atoms with Crippen molar-refractivity contribution in [1.82, 2.24) is 0 Å². The maximum Gasteiger partial charge on any atom is 0.144 e. The Labute approximate surface area is 148 Å². The van der Waals surface area contributed by atoms with Gasteiger partial charge in [0.2, 0.25) is 0 Å². The fourth-order valence-corrected chi connectivity index (χ4v) is 4.80. The minimum Gasteiger partial charge on any atom is -0.455 e. The summed E-state index contributed by atoms with van der Waals surface area (Å²) in [5.74, 6) is 1.86. The normalized spacial score (nSPS) is 11.7. The van der Waals surface area contributed by atoms with Crippen LogP contribution in [-0.4, -0.2) is 15.7 Å². The van der Waals surface area contributed by atoms with E-state index in [1.807, 2.05) is 0 Å². The van der Waals surface area contributed by atoms with Gasteiger partial charge in [-0.05, 0) is 35.0 Å². The summed E-state index contributed by atoms with van der Waals surface area (Å²) in [6.45, 7) is 0. The van der Waals surface area contributed by atoms with E-state index in [4.69, 9.17) is 8.83 Å². The number of fused-ring (bicyclic) bond motifs is 2. The van der Waals surface area contributed by atoms with Gasteiger partial charge in [0, 0.05) is 10.8 Å². The molecule has 114 valence electrons. The molecular formula is C18H12B2O2S2. The van der Waals surface area contributed by atoms with E-state index in [1.54, 1.807) is 22.7 Å². The molecule has 0 amide bonds. The molecule has 0 atom stereocenters. The first-order chi connectivity index (χ1) is 11.7. The Morgan fingerprint density at radius 3 is 1.50 bits per heavy atom. The average molecular weight is 346 g/mol. The average Bonchev–Trinajstić information content (AvgIpc) is 3.29. The van der Waals surface area contributed by atoms with Crippen molar-refractivity contribution in [2.75, 3.05) is 0 Å². The van der Waals surface area contributed by atoms with Crippen LogP contribution >= 0.6 is 22.7 Å². The molecule has 24 heavy (non-hydrogen) atoms. The van der Waals surface area contributed by atoms with Crippen molar-refractivity contribution in [3.8, 4) is 21.3 Å². The van der Waals surface area contributed by atoms with E-state index in [0.717, 1.165) is 33.5 Å². The van der Waals surface area contributed by atoms with Crippen LogP contribution in [0.15, 0.2) is 56.0 Å². The maximum absolute atomic E-state index is 6.10. The summed E-state index contributed by atoms with van der Waals surface area (Å²) in [6.07, 6.45) is 0. The summed E-state index contributed by atoms with van der Waals surface area (Å²) in [5, 5.41) is 6.35. The van der Waals surface area contributed by atoms with Gasteiger partial charge in [-0.15, -0.1) is 22.7 Å². The SMILES string of the molecule is Bc1ccsc1-c1cc2cc3oc(-c4sccc4B)cc3cc2o1. The Bertz CT molecular complexity index is 1050. The van der Waals surface area contributed by atoms with Crippen LogP contribution in [0.3, 0.4) is 0 Å². The molecule has 1 aromatic carbocycles. The summed E-state index contributed by atoms with van der Waals surface area (Å²) in [5.41, 5.74) is 4.30. The third kappa shape index (κ3) is 2.10. The van der Waals surface area contributed by atoms with Gasteiger partial charge in [0.25, 0.3) is 0 Å². The van der Waals surface area contributed by atoms with Crippen LogP contribution in [0.25, 0.3) is 43.2 Å². The van der Waals surface area contributed by atoms with E-state index in [9.17, 15) is 0 Å². The number of rotatable bonds is 2. The van der Waals surface area contributed by atoms with Crippen molar-refractivity contribution in [2.24, 2.45) is 0 Å². The number of hydrogen-bond acceptors (Lipinski definition) is 4. The second-order valence-electron chi connectivity index (χ2n) is 6.01. The van der Waals surface area contributed by atoms with Crippen LogP contribution in [0.1, 0.15) is 0 Å². The minimum absolute atomic E-state index is 0.903. The standard InChI is InChI=1S/C18H12B2O2S2/c19-11-1-3-23-17(11)15-7-9-5-14-10(6-13(9)21-15)8-16(22-14)18-12(20)2-4-24-18/h1-8H,19-20H2. The van der Waals surface area contributed by atoms with E-state index >= 15 is 0 Å². The first kappa shape index (κ1) is 14.2. The molecule has 6 heteroatoms. The molecule has 0 aliphatic heterocycles. The van der Waals surface area contributed by atoms with Crippen LogP contribution in [-0.2, 0) is 0 Å². The van der Waals surface area contributed by atoms with Crippen molar-refractivity contribution in [3.63, 3.8) is 0 Å². The molecule has 0 aliphatic rings. The van der Waals surface area contributed by atoms with Gasteiger partial charge < -0.3 is 8.83 Å². The molecule has 2 nitrogen and oxygen atoms in total. The van der Waals surface area contributed by atoms with Gasteiger partial charge in [0.05, 0.1) is 9.75 Å². The van der Waals surface area contributed by atoms with E-state index in [0.29, 0.717) is 0 Å². The highest BCUT2D eigenvalue weighted by molar-refractivity contribution is 7.15. The molecule has 0 aliphatic carbocycles. The van der Waals surface area contributed by atoms with Gasteiger partial charge >= 0.3 is 0 Å². The Morgan fingerprint density at radius 1 is 0.667 bits per heavy atom. The lowest BCUT2D eigenvalue weighted by Crippen LogP contribution is -1.99. The fourth-order valence-electron chi connectivity index (χ4n) is 3.05. The van der Waals surface area contributed by atoms with E-state index in [1.165, 1.54) is 20.7 Å². The molecule has 4 aromatic heterocycles. The third-order valence-electron chi connectivity index (χ3n) is 4.33. The summed E-state index contributed by atoms with van der Waals surface area (Å²) in [6, 6.07) is 12.6. The van der Waals surface area contributed by atoms with Crippen LogP contribution in [0.2, 0.25) is 0 Å². The quantitative estimate of drug-likeness (QED) is 0.459. The molecule has 0 saturated carbocycles. The molecule has 0 unspecified atom stereocenters. The van der Waals surface area contributed by atoms with Crippen molar-refractivity contribution in [1.29, 1.82) is 0 Å². The van der Waals surface area contributed by atoms with Crippen molar-refractivity contribution in [3.05, 3.63) is 47.2 Å². The molecule has 0 bridgehead atoms. The van der Waals surface area contributed by atoms with E-state index < -0.39 is 0 Å². The fraction of sp³-hybridized carbons (Fsp3) is 0. The monoisotopic (exact) mass is 346 g/mol. The summed E-state index contributed by atoms with van der Waals surface area (Å²) < 4.78 is 12.2.